The molecule has 0 aliphatic heterocycles. The molecular formula is C23H20ClN3O2S. The molecule has 4 rings (SSSR count). The van der Waals surface area contributed by atoms with Crippen LogP contribution in [0.3, 0.4) is 0 Å². The van der Waals surface area contributed by atoms with E-state index < -0.39 is 9.84 Å². The Morgan fingerprint density at radius 1 is 0.933 bits per heavy atom. The predicted molar refractivity (Wildman–Crippen MR) is 122 cm³/mol. The van der Waals surface area contributed by atoms with Crippen molar-refractivity contribution in [3.8, 4) is 28.2 Å². The Hall–Kier alpha value is -3.09. The van der Waals surface area contributed by atoms with Gasteiger partial charge in [-0.2, -0.15) is 5.10 Å². The Bertz CT molecular complexity index is 1300. The van der Waals surface area contributed by atoms with Gasteiger partial charge < -0.3 is 5.32 Å². The lowest BCUT2D eigenvalue weighted by molar-refractivity contribution is 0.602. The highest BCUT2D eigenvalue weighted by atomic mass is 35.5. The molecule has 0 bridgehead atoms. The number of sulfone groups is 1. The molecule has 30 heavy (non-hydrogen) atoms. The third-order valence-electron chi connectivity index (χ3n) is 4.83. The van der Waals surface area contributed by atoms with Crippen LogP contribution in [0.1, 0.15) is 0 Å². The third-order valence-corrected chi connectivity index (χ3v) is 6.21. The molecule has 1 heterocycles. The molecule has 0 spiro atoms. The summed E-state index contributed by atoms with van der Waals surface area (Å²) in [6, 6.07) is 24.2. The number of hydrogen-bond acceptors (Lipinski definition) is 4. The van der Waals surface area contributed by atoms with Gasteiger partial charge in [0.2, 0.25) is 0 Å². The van der Waals surface area contributed by atoms with E-state index in [4.69, 9.17) is 16.7 Å². The first kappa shape index (κ1) is 20.2. The highest BCUT2D eigenvalue weighted by molar-refractivity contribution is 7.90. The quantitative estimate of drug-likeness (QED) is 0.459. The summed E-state index contributed by atoms with van der Waals surface area (Å²) < 4.78 is 25.5. The molecule has 0 atom stereocenters. The van der Waals surface area contributed by atoms with Crippen LogP contribution >= 0.6 is 11.6 Å². The second-order valence-corrected chi connectivity index (χ2v) is 9.35. The maximum absolute atomic E-state index is 11.8. The zero-order valence-corrected chi connectivity index (χ0v) is 18.1. The summed E-state index contributed by atoms with van der Waals surface area (Å²) in [5.74, 6) is 0. The first-order chi connectivity index (χ1) is 14.4. The van der Waals surface area contributed by atoms with Crippen molar-refractivity contribution in [3.63, 3.8) is 0 Å². The maximum atomic E-state index is 11.8. The number of nitrogens with zero attached hydrogens (tertiary/aromatic N) is 2. The summed E-state index contributed by atoms with van der Waals surface area (Å²) in [4.78, 5) is 0.272. The first-order valence-electron chi connectivity index (χ1n) is 9.30. The number of rotatable bonds is 5. The van der Waals surface area contributed by atoms with E-state index in [1.807, 2.05) is 66.3 Å². The molecular weight excluding hydrogens is 418 g/mol. The summed E-state index contributed by atoms with van der Waals surface area (Å²) >= 11 is 6.04. The summed E-state index contributed by atoms with van der Waals surface area (Å²) in [5, 5.41) is 8.70. The van der Waals surface area contributed by atoms with E-state index in [0.29, 0.717) is 5.02 Å². The highest BCUT2D eigenvalue weighted by Crippen LogP contribution is 2.33. The SMILES string of the molecule is CNc1ccccc1-c1cc(-c2ccc(Cl)cc2)nn1-c1ccc(S(C)(=O)=O)cc1. The van der Waals surface area contributed by atoms with Crippen molar-refractivity contribution in [1.29, 1.82) is 0 Å². The molecule has 0 fully saturated rings. The van der Waals surface area contributed by atoms with E-state index in [9.17, 15) is 8.42 Å². The van der Waals surface area contributed by atoms with Crippen molar-refractivity contribution in [2.45, 2.75) is 4.90 Å². The van der Waals surface area contributed by atoms with Gasteiger partial charge in [0.1, 0.15) is 0 Å². The Kier molecular flexibility index (Phi) is 5.37. The standard InChI is InChI=1S/C23H20ClN3O2S/c1-25-21-6-4-3-5-20(21)23-15-22(16-7-9-17(24)10-8-16)26-27(23)18-11-13-19(14-12-18)30(2,28)29/h3-15,25H,1-2H3. The van der Waals surface area contributed by atoms with E-state index in [2.05, 4.69) is 5.32 Å². The van der Waals surface area contributed by atoms with Crippen LogP contribution in [-0.4, -0.2) is 31.5 Å². The number of hydrogen-bond donors (Lipinski definition) is 1. The summed E-state index contributed by atoms with van der Waals surface area (Å²) in [5.41, 5.74) is 5.34. The van der Waals surface area contributed by atoms with E-state index in [1.165, 1.54) is 6.26 Å². The van der Waals surface area contributed by atoms with Crippen LogP contribution in [0.25, 0.3) is 28.2 Å². The van der Waals surface area contributed by atoms with Crippen molar-refractivity contribution < 1.29 is 8.42 Å². The fraction of sp³-hybridized carbons (Fsp3) is 0.0870. The van der Waals surface area contributed by atoms with Gasteiger partial charge in [0, 0.05) is 35.1 Å². The van der Waals surface area contributed by atoms with E-state index in [0.717, 1.165) is 33.9 Å². The smallest absolute Gasteiger partial charge is 0.175 e. The van der Waals surface area contributed by atoms with Gasteiger partial charge in [-0.25, -0.2) is 13.1 Å². The zero-order chi connectivity index (χ0) is 21.3. The lowest BCUT2D eigenvalue weighted by Gasteiger charge is -2.12. The molecule has 152 valence electrons. The molecule has 0 saturated heterocycles. The molecule has 0 unspecified atom stereocenters. The molecule has 0 radical (unpaired) electrons. The highest BCUT2D eigenvalue weighted by Gasteiger charge is 2.16. The van der Waals surface area contributed by atoms with Gasteiger partial charge in [-0.05, 0) is 48.5 Å². The molecule has 3 aromatic carbocycles. The molecule has 4 aromatic rings. The second kappa shape index (κ2) is 7.97. The molecule has 0 aliphatic rings. The van der Waals surface area contributed by atoms with Crippen LogP contribution in [0.4, 0.5) is 5.69 Å². The molecule has 7 heteroatoms. The van der Waals surface area contributed by atoms with Crippen LogP contribution in [0, 0.1) is 0 Å². The van der Waals surface area contributed by atoms with E-state index >= 15 is 0 Å². The van der Waals surface area contributed by atoms with Gasteiger partial charge in [0.05, 0.1) is 22.0 Å². The van der Waals surface area contributed by atoms with Crippen molar-refractivity contribution in [2.75, 3.05) is 18.6 Å². The first-order valence-corrected chi connectivity index (χ1v) is 11.6. The number of para-hydroxylation sites is 1. The van der Waals surface area contributed by atoms with Gasteiger partial charge in [-0.3, -0.25) is 0 Å². The number of benzene rings is 3. The second-order valence-electron chi connectivity index (χ2n) is 6.90. The van der Waals surface area contributed by atoms with Gasteiger partial charge in [-0.1, -0.05) is 41.9 Å². The van der Waals surface area contributed by atoms with Crippen molar-refractivity contribution in [2.24, 2.45) is 0 Å². The Balaban J connectivity index is 1.90. The fourth-order valence-corrected chi connectivity index (χ4v) is 4.05. The molecule has 0 saturated carbocycles. The van der Waals surface area contributed by atoms with E-state index in [1.54, 1.807) is 24.3 Å². The van der Waals surface area contributed by atoms with Crippen LogP contribution in [-0.2, 0) is 9.84 Å². The van der Waals surface area contributed by atoms with Crippen LogP contribution in [0.5, 0.6) is 0 Å². The molecule has 5 nitrogen and oxygen atoms in total. The minimum absolute atomic E-state index is 0.272. The normalized spacial score (nSPS) is 11.4. The Labute approximate surface area is 180 Å². The van der Waals surface area contributed by atoms with Crippen LogP contribution < -0.4 is 5.32 Å². The van der Waals surface area contributed by atoms with Gasteiger partial charge in [-0.15, -0.1) is 0 Å². The fourth-order valence-electron chi connectivity index (χ4n) is 3.29. The van der Waals surface area contributed by atoms with Crippen molar-refractivity contribution in [1.82, 2.24) is 9.78 Å². The lowest BCUT2D eigenvalue weighted by Crippen LogP contribution is -2.02. The predicted octanol–water partition coefficient (Wildman–Crippen LogP) is 5.30. The number of anilines is 1. The lowest BCUT2D eigenvalue weighted by atomic mass is 10.1. The van der Waals surface area contributed by atoms with Gasteiger partial charge >= 0.3 is 0 Å². The minimum atomic E-state index is -3.27. The average Bonchev–Trinajstić information content (AvgIpc) is 3.19. The van der Waals surface area contributed by atoms with Crippen LogP contribution in [0.2, 0.25) is 5.02 Å². The minimum Gasteiger partial charge on any atom is -0.388 e. The van der Waals surface area contributed by atoms with Crippen molar-refractivity contribution in [3.05, 3.63) is 83.9 Å². The molecule has 0 amide bonds. The summed E-state index contributed by atoms with van der Waals surface area (Å²) in [6.45, 7) is 0. The van der Waals surface area contributed by atoms with Gasteiger partial charge in [0.15, 0.2) is 9.84 Å². The van der Waals surface area contributed by atoms with Crippen molar-refractivity contribution >= 4 is 27.1 Å². The largest absolute Gasteiger partial charge is 0.388 e. The third kappa shape index (κ3) is 3.97. The summed E-state index contributed by atoms with van der Waals surface area (Å²) in [6.07, 6.45) is 1.20. The number of aromatic nitrogens is 2. The maximum Gasteiger partial charge on any atom is 0.175 e. The topological polar surface area (TPSA) is 64.0 Å². The Morgan fingerprint density at radius 3 is 2.23 bits per heavy atom. The van der Waals surface area contributed by atoms with Crippen LogP contribution in [0.15, 0.2) is 83.8 Å². The molecule has 1 N–H and O–H groups in total. The zero-order valence-electron chi connectivity index (χ0n) is 16.5. The number of nitrogens with one attached hydrogen (secondary N) is 1. The van der Waals surface area contributed by atoms with E-state index in [-0.39, 0.29) is 4.90 Å². The van der Waals surface area contributed by atoms with Gasteiger partial charge in [0.25, 0.3) is 0 Å². The molecule has 1 aromatic heterocycles. The summed E-state index contributed by atoms with van der Waals surface area (Å²) in [7, 11) is -1.39. The Morgan fingerprint density at radius 2 is 1.60 bits per heavy atom. The number of halogens is 1. The average molecular weight is 438 g/mol. The molecule has 0 aliphatic carbocycles. The monoisotopic (exact) mass is 437 g/mol.